The molecule has 0 radical (unpaired) electrons. The van der Waals surface area contributed by atoms with Crippen molar-refractivity contribution in [1.82, 2.24) is 0 Å². The molecule has 9 nitrogen and oxygen atoms in total. The molecule has 0 aliphatic rings. The maximum atomic E-state index is 11.7. The topological polar surface area (TPSA) is 173 Å². The standard InChI is InChI=1S/C15H20N2O7/c16-10(14(21)22)2-4-13(20)24-15(23)11(17)6-8-1-3-12(19)9(5-8)7-18/h1,3,5,10-11,18-19H,2,4,6-7,16-17H2,(H,21,22)/t10?,11-/m0/s1. The molecule has 1 unspecified atom stereocenters. The van der Waals surface area contributed by atoms with E-state index < -0.39 is 30.0 Å². The molecular weight excluding hydrogens is 320 g/mol. The summed E-state index contributed by atoms with van der Waals surface area (Å²) in [5, 5.41) is 27.1. The summed E-state index contributed by atoms with van der Waals surface area (Å²) in [6.07, 6.45) is -0.442. The molecule has 132 valence electrons. The van der Waals surface area contributed by atoms with E-state index in [4.69, 9.17) is 21.7 Å². The molecule has 2 atom stereocenters. The van der Waals surface area contributed by atoms with Crippen LogP contribution in [-0.4, -0.2) is 45.3 Å². The lowest BCUT2D eigenvalue weighted by molar-refractivity contribution is -0.160. The van der Waals surface area contributed by atoms with Crippen LogP contribution in [0.3, 0.4) is 0 Å². The van der Waals surface area contributed by atoms with Gasteiger partial charge in [-0.1, -0.05) is 6.07 Å². The largest absolute Gasteiger partial charge is 0.508 e. The van der Waals surface area contributed by atoms with Crippen LogP contribution in [0.15, 0.2) is 18.2 Å². The van der Waals surface area contributed by atoms with Gasteiger partial charge in [0.2, 0.25) is 0 Å². The Morgan fingerprint density at radius 3 is 2.42 bits per heavy atom. The van der Waals surface area contributed by atoms with Gasteiger partial charge < -0.3 is 31.5 Å². The summed E-state index contributed by atoms with van der Waals surface area (Å²) in [6, 6.07) is 2.02. The van der Waals surface area contributed by atoms with Crippen molar-refractivity contribution in [2.75, 3.05) is 0 Å². The molecule has 0 amide bonds. The van der Waals surface area contributed by atoms with Crippen LogP contribution in [0.5, 0.6) is 5.75 Å². The number of carbonyl (C=O) groups is 3. The Morgan fingerprint density at radius 2 is 1.83 bits per heavy atom. The van der Waals surface area contributed by atoms with E-state index in [-0.39, 0.29) is 37.2 Å². The lowest BCUT2D eigenvalue weighted by Crippen LogP contribution is -2.36. The van der Waals surface area contributed by atoms with E-state index in [2.05, 4.69) is 4.74 Å². The number of rotatable bonds is 8. The van der Waals surface area contributed by atoms with Crippen LogP contribution < -0.4 is 11.5 Å². The fourth-order valence-electron chi connectivity index (χ4n) is 1.87. The second-order valence-corrected chi connectivity index (χ2v) is 5.21. The number of phenols is 1. The van der Waals surface area contributed by atoms with Gasteiger partial charge in [-0.15, -0.1) is 0 Å². The number of ether oxygens (including phenoxy) is 1. The van der Waals surface area contributed by atoms with E-state index in [1.165, 1.54) is 18.2 Å². The van der Waals surface area contributed by atoms with Crippen molar-refractivity contribution >= 4 is 17.9 Å². The van der Waals surface area contributed by atoms with Crippen molar-refractivity contribution in [3.63, 3.8) is 0 Å². The molecule has 0 aliphatic carbocycles. The zero-order chi connectivity index (χ0) is 18.3. The molecule has 0 spiro atoms. The third kappa shape index (κ3) is 5.95. The Labute approximate surface area is 137 Å². The first kappa shape index (κ1) is 19.6. The van der Waals surface area contributed by atoms with Gasteiger partial charge >= 0.3 is 17.9 Å². The summed E-state index contributed by atoms with van der Waals surface area (Å²) in [7, 11) is 0. The van der Waals surface area contributed by atoms with E-state index in [0.717, 1.165) is 0 Å². The molecule has 0 saturated carbocycles. The number of carbonyl (C=O) groups excluding carboxylic acids is 2. The van der Waals surface area contributed by atoms with Crippen molar-refractivity contribution in [1.29, 1.82) is 0 Å². The Morgan fingerprint density at radius 1 is 1.17 bits per heavy atom. The molecule has 0 fully saturated rings. The van der Waals surface area contributed by atoms with Gasteiger partial charge in [-0.25, -0.2) is 4.79 Å². The van der Waals surface area contributed by atoms with E-state index in [1.807, 2.05) is 0 Å². The summed E-state index contributed by atoms with van der Waals surface area (Å²) >= 11 is 0. The highest BCUT2D eigenvalue weighted by atomic mass is 16.6. The van der Waals surface area contributed by atoms with E-state index in [1.54, 1.807) is 0 Å². The average molecular weight is 340 g/mol. The number of aromatic hydroxyl groups is 1. The maximum absolute atomic E-state index is 11.7. The van der Waals surface area contributed by atoms with Gasteiger partial charge in [0.15, 0.2) is 0 Å². The minimum Gasteiger partial charge on any atom is -0.508 e. The van der Waals surface area contributed by atoms with Gasteiger partial charge in [0.05, 0.1) is 6.61 Å². The predicted octanol–water partition coefficient (Wildman–Crippen LogP) is -0.984. The summed E-state index contributed by atoms with van der Waals surface area (Å²) in [6.45, 7) is -0.373. The molecule has 0 aliphatic heterocycles. The molecule has 0 heterocycles. The molecule has 1 rings (SSSR count). The number of esters is 2. The van der Waals surface area contributed by atoms with Crippen molar-refractivity contribution < 1.29 is 34.4 Å². The molecule has 1 aromatic carbocycles. The second kappa shape index (κ2) is 8.96. The molecule has 9 heteroatoms. The van der Waals surface area contributed by atoms with E-state index >= 15 is 0 Å². The van der Waals surface area contributed by atoms with Crippen LogP contribution in [0, 0.1) is 0 Å². The number of benzene rings is 1. The van der Waals surface area contributed by atoms with Crippen LogP contribution in [-0.2, 0) is 32.1 Å². The summed E-state index contributed by atoms with van der Waals surface area (Å²) in [5.41, 5.74) is 11.8. The quantitative estimate of drug-likeness (QED) is 0.294. The van der Waals surface area contributed by atoms with Gasteiger partial charge in [-0.05, 0) is 30.5 Å². The number of hydrogen-bond donors (Lipinski definition) is 5. The Hall–Kier alpha value is -2.49. The SMILES string of the molecule is NC(CCC(=O)OC(=O)[C@@H](N)Cc1ccc(O)c(CO)c1)C(=O)O. The highest BCUT2D eigenvalue weighted by Crippen LogP contribution is 2.19. The maximum Gasteiger partial charge on any atom is 0.330 e. The fraction of sp³-hybridized carbons (Fsp3) is 0.400. The minimum atomic E-state index is -1.25. The number of nitrogens with two attached hydrogens (primary N) is 2. The fourth-order valence-corrected chi connectivity index (χ4v) is 1.87. The molecular formula is C15H20N2O7. The summed E-state index contributed by atoms with van der Waals surface area (Å²) in [4.78, 5) is 33.7. The van der Waals surface area contributed by atoms with Crippen molar-refractivity contribution in [3.05, 3.63) is 29.3 Å². The lowest BCUT2D eigenvalue weighted by atomic mass is 10.0. The molecule has 0 aromatic heterocycles. The Balaban J connectivity index is 2.52. The summed E-state index contributed by atoms with van der Waals surface area (Å²) < 4.78 is 4.54. The zero-order valence-electron chi connectivity index (χ0n) is 12.8. The lowest BCUT2D eigenvalue weighted by Gasteiger charge is -2.12. The normalized spacial score (nSPS) is 13.1. The zero-order valence-corrected chi connectivity index (χ0v) is 12.8. The molecule has 1 aromatic rings. The first-order valence-electron chi connectivity index (χ1n) is 7.14. The predicted molar refractivity (Wildman–Crippen MR) is 81.7 cm³/mol. The number of aliphatic hydroxyl groups excluding tert-OH is 1. The van der Waals surface area contributed by atoms with Gasteiger partial charge in [0.1, 0.15) is 17.8 Å². The number of carboxylic acids is 1. The van der Waals surface area contributed by atoms with Crippen LogP contribution in [0.4, 0.5) is 0 Å². The first-order valence-corrected chi connectivity index (χ1v) is 7.14. The molecule has 24 heavy (non-hydrogen) atoms. The third-order valence-corrected chi connectivity index (χ3v) is 3.26. The number of aliphatic hydroxyl groups is 1. The highest BCUT2D eigenvalue weighted by molar-refractivity contribution is 5.88. The van der Waals surface area contributed by atoms with Gasteiger partial charge in [0.25, 0.3) is 0 Å². The third-order valence-electron chi connectivity index (χ3n) is 3.26. The second-order valence-electron chi connectivity index (χ2n) is 5.21. The Bertz CT molecular complexity index is 618. The Kier molecular flexibility index (Phi) is 7.31. The van der Waals surface area contributed by atoms with Gasteiger partial charge in [-0.2, -0.15) is 0 Å². The van der Waals surface area contributed by atoms with Gasteiger partial charge in [-0.3, -0.25) is 9.59 Å². The molecule has 0 saturated heterocycles. The number of carboxylic acid groups (broad SMARTS) is 1. The van der Waals surface area contributed by atoms with Crippen LogP contribution in [0.25, 0.3) is 0 Å². The number of aliphatic carboxylic acids is 1. The molecule has 0 bridgehead atoms. The monoisotopic (exact) mass is 340 g/mol. The highest BCUT2D eigenvalue weighted by Gasteiger charge is 2.21. The van der Waals surface area contributed by atoms with Gasteiger partial charge in [0, 0.05) is 12.0 Å². The average Bonchev–Trinajstić information content (AvgIpc) is 2.53. The smallest absolute Gasteiger partial charge is 0.330 e. The van der Waals surface area contributed by atoms with Crippen molar-refractivity contribution in [2.24, 2.45) is 11.5 Å². The number of hydrogen-bond acceptors (Lipinski definition) is 8. The first-order chi connectivity index (χ1) is 11.2. The van der Waals surface area contributed by atoms with E-state index in [9.17, 15) is 19.5 Å². The minimum absolute atomic E-state index is 0.0357. The van der Waals surface area contributed by atoms with Crippen LogP contribution >= 0.6 is 0 Å². The molecule has 7 N–H and O–H groups in total. The van der Waals surface area contributed by atoms with E-state index in [0.29, 0.717) is 5.56 Å². The van der Waals surface area contributed by atoms with Crippen LogP contribution in [0.2, 0.25) is 0 Å². The van der Waals surface area contributed by atoms with Crippen molar-refractivity contribution in [3.8, 4) is 5.75 Å². The summed E-state index contributed by atoms with van der Waals surface area (Å²) in [5.74, 6) is -3.20. The van der Waals surface area contributed by atoms with Crippen molar-refractivity contribution in [2.45, 2.75) is 38.0 Å². The van der Waals surface area contributed by atoms with Crippen LogP contribution in [0.1, 0.15) is 24.0 Å².